The third-order valence-corrected chi connectivity index (χ3v) is 7.31. The number of fused-ring (bicyclic) bond motifs is 1. The molecule has 3 aromatic rings. The van der Waals surface area contributed by atoms with Crippen molar-refractivity contribution in [2.45, 2.75) is 24.7 Å². The fourth-order valence-corrected chi connectivity index (χ4v) is 5.59. The van der Waals surface area contributed by atoms with E-state index in [1.165, 1.54) is 11.3 Å². The number of hydrogen-bond donors (Lipinski definition) is 0. The molecule has 0 N–H and O–H groups in total. The van der Waals surface area contributed by atoms with E-state index in [2.05, 4.69) is 4.98 Å². The third kappa shape index (κ3) is 3.90. The van der Waals surface area contributed by atoms with Crippen LogP contribution in [0, 0.1) is 0 Å². The number of piperidine rings is 1. The third-order valence-electron chi connectivity index (χ3n) is 4.53. The Morgan fingerprint density at radius 1 is 1.04 bits per heavy atom. The largest absolute Gasteiger partial charge is 0.467 e. The van der Waals surface area contributed by atoms with Crippen LogP contribution in [0.1, 0.15) is 18.4 Å². The predicted octanol–water partition coefficient (Wildman–Crippen LogP) is 3.67. The normalized spacial score (nSPS) is 16.8. The first kappa shape index (κ1) is 17.5. The standard InChI is InChI=1S/C19H20N2O3S2/c22-26(23,14-15-6-2-1-3-7-15)21-12-10-16(11-13-21)24-19-20-17-8-4-5-9-18(17)25-19/h1-9,16H,10-14H2. The SMILES string of the molecule is O=S(=O)(Cc1ccccc1)N1CCC(Oc2nc3ccccc3s2)CC1. The summed E-state index contributed by atoms with van der Waals surface area (Å²) in [4.78, 5) is 4.49. The average Bonchev–Trinajstić information content (AvgIpc) is 3.05. The average molecular weight is 389 g/mol. The molecular weight excluding hydrogens is 368 g/mol. The topological polar surface area (TPSA) is 59.5 Å². The van der Waals surface area contributed by atoms with Crippen molar-refractivity contribution in [2.75, 3.05) is 13.1 Å². The zero-order chi connectivity index (χ0) is 18.0. The van der Waals surface area contributed by atoms with Crippen LogP contribution in [0.2, 0.25) is 0 Å². The van der Waals surface area contributed by atoms with Crippen molar-refractivity contribution in [1.29, 1.82) is 0 Å². The van der Waals surface area contributed by atoms with Gasteiger partial charge in [0.05, 0.1) is 16.0 Å². The Morgan fingerprint density at radius 2 is 1.73 bits per heavy atom. The Hall–Kier alpha value is -1.96. The summed E-state index contributed by atoms with van der Waals surface area (Å²) in [6.07, 6.45) is 1.38. The van der Waals surface area contributed by atoms with E-state index < -0.39 is 10.0 Å². The smallest absolute Gasteiger partial charge is 0.274 e. The maximum absolute atomic E-state index is 12.6. The zero-order valence-corrected chi connectivity index (χ0v) is 15.9. The number of hydrogen-bond acceptors (Lipinski definition) is 5. The highest BCUT2D eigenvalue weighted by molar-refractivity contribution is 7.88. The van der Waals surface area contributed by atoms with Gasteiger partial charge in [-0.1, -0.05) is 53.8 Å². The summed E-state index contributed by atoms with van der Waals surface area (Å²) in [5.41, 5.74) is 1.76. The molecule has 0 unspecified atom stereocenters. The van der Waals surface area contributed by atoms with Crippen molar-refractivity contribution in [1.82, 2.24) is 9.29 Å². The van der Waals surface area contributed by atoms with Crippen LogP contribution in [-0.2, 0) is 15.8 Å². The van der Waals surface area contributed by atoms with Crippen molar-refractivity contribution >= 4 is 31.6 Å². The molecule has 2 aromatic carbocycles. The minimum atomic E-state index is -3.29. The molecule has 0 radical (unpaired) electrons. The summed E-state index contributed by atoms with van der Waals surface area (Å²) in [6, 6.07) is 17.3. The van der Waals surface area contributed by atoms with Crippen molar-refractivity contribution in [2.24, 2.45) is 0 Å². The van der Waals surface area contributed by atoms with E-state index in [0.29, 0.717) is 31.1 Å². The van der Waals surface area contributed by atoms with E-state index in [1.54, 1.807) is 4.31 Å². The highest BCUT2D eigenvalue weighted by Crippen LogP contribution is 2.30. The van der Waals surface area contributed by atoms with E-state index in [9.17, 15) is 8.42 Å². The molecule has 0 atom stereocenters. The van der Waals surface area contributed by atoms with Crippen molar-refractivity contribution in [3.63, 3.8) is 0 Å². The molecule has 0 bridgehead atoms. The lowest BCUT2D eigenvalue weighted by atomic mass is 10.1. The number of sulfonamides is 1. The van der Waals surface area contributed by atoms with Crippen LogP contribution in [0.5, 0.6) is 5.19 Å². The maximum atomic E-state index is 12.6. The van der Waals surface area contributed by atoms with Crippen LogP contribution < -0.4 is 4.74 Å². The Morgan fingerprint density at radius 3 is 2.46 bits per heavy atom. The van der Waals surface area contributed by atoms with Gasteiger partial charge in [-0.2, -0.15) is 0 Å². The number of aromatic nitrogens is 1. The molecule has 0 saturated carbocycles. The van der Waals surface area contributed by atoms with Gasteiger partial charge in [0.25, 0.3) is 5.19 Å². The van der Waals surface area contributed by atoms with Crippen molar-refractivity contribution in [3.05, 3.63) is 60.2 Å². The summed E-state index contributed by atoms with van der Waals surface area (Å²) in [5.74, 6) is 0.0528. The lowest BCUT2D eigenvalue weighted by molar-refractivity contribution is 0.135. The number of para-hydroxylation sites is 1. The summed E-state index contributed by atoms with van der Waals surface area (Å²) in [7, 11) is -3.29. The van der Waals surface area contributed by atoms with Gasteiger partial charge in [0.15, 0.2) is 0 Å². The zero-order valence-electron chi connectivity index (χ0n) is 14.2. The fraction of sp³-hybridized carbons (Fsp3) is 0.316. The molecule has 4 rings (SSSR count). The van der Waals surface area contributed by atoms with Crippen LogP contribution in [0.4, 0.5) is 0 Å². The van der Waals surface area contributed by atoms with Gasteiger partial charge in [0.1, 0.15) is 6.10 Å². The molecule has 1 fully saturated rings. The van der Waals surface area contributed by atoms with Gasteiger partial charge < -0.3 is 4.74 Å². The van der Waals surface area contributed by atoms with Gasteiger partial charge in [-0.3, -0.25) is 0 Å². The Labute approximate surface area is 157 Å². The van der Waals surface area contributed by atoms with Gasteiger partial charge in [0, 0.05) is 13.1 Å². The second-order valence-corrected chi connectivity index (χ2v) is 9.37. The van der Waals surface area contributed by atoms with Crippen LogP contribution in [0.3, 0.4) is 0 Å². The first-order valence-corrected chi connectivity index (χ1v) is 11.1. The van der Waals surface area contributed by atoms with Crippen molar-refractivity contribution < 1.29 is 13.2 Å². The quantitative estimate of drug-likeness (QED) is 0.669. The second-order valence-electron chi connectivity index (χ2n) is 6.41. The van der Waals surface area contributed by atoms with Gasteiger partial charge in [-0.05, 0) is 30.5 Å². The Bertz CT molecular complexity index is 945. The van der Waals surface area contributed by atoms with Gasteiger partial charge in [-0.15, -0.1) is 0 Å². The number of thiazole rings is 1. The van der Waals surface area contributed by atoms with E-state index >= 15 is 0 Å². The molecular formula is C19H20N2O3S2. The molecule has 0 amide bonds. The molecule has 1 aromatic heterocycles. The molecule has 0 aliphatic carbocycles. The molecule has 136 valence electrons. The van der Waals surface area contributed by atoms with Crippen LogP contribution in [-0.4, -0.2) is 36.9 Å². The fourth-order valence-electron chi connectivity index (χ4n) is 3.15. The van der Waals surface area contributed by atoms with E-state index in [1.807, 2.05) is 54.6 Å². The molecule has 7 heteroatoms. The number of rotatable bonds is 5. The number of nitrogens with zero attached hydrogens (tertiary/aromatic N) is 2. The van der Waals surface area contributed by atoms with Crippen molar-refractivity contribution in [3.8, 4) is 5.19 Å². The molecule has 5 nitrogen and oxygen atoms in total. The first-order chi connectivity index (χ1) is 12.6. The van der Waals surface area contributed by atoms with Gasteiger partial charge in [0.2, 0.25) is 10.0 Å². The molecule has 1 saturated heterocycles. The summed E-state index contributed by atoms with van der Waals surface area (Å²) in [6.45, 7) is 0.982. The number of ether oxygens (including phenoxy) is 1. The van der Waals surface area contributed by atoms with Crippen LogP contribution >= 0.6 is 11.3 Å². The molecule has 26 heavy (non-hydrogen) atoms. The monoisotopic (exact) mass is 388 g/mol. The highest BCUT2D eigenvalue weighted by atomic mass is 32.2. The van der Waals surface area contributed by atoms with E-state index in [0.717, 1.165) is 15.8 Å². The van der Waals surface area contributed by atoms with Crippen LogP contribution in [0.25, 0.3) is 10.2 Å². The Balaban J connectivity index is 1.36. The summed E-state index contributed by atoms with van der Waals surface area (Å²) >= 11 is 1.53. The molecule has 1 aliphatic heterocycles. The van der Waals surface area contributed by atoms with Gasteiger partial charge >= 0.3 is 0 Å². The summed E-state index contributed by atoms with van der Waals surface area (Å²) < 4.78 is 33.9. The second kappa shape index (κ2) is 7.34. The predicted molar refractivity (Wildman–Crippen MR) is 104 cm³/mol. The maximum Gasteiger partial charge on any atom is 0.274 e. The van der Waals surface area contributed by atoms with Gasteiger partial charge in [-0.25, -0.2) is 17.7 Å². The highest BCUT2D eigenvalue weighted by Gasteiger charge is 2.29. The number of benzene rings is 2. The molecule has 1 aliphatic rings. The molecule has 0 spiro atoms. The molecule has 2 heterocycles. The van der Waals surface area contributed by atoms with E-state index in [4.69, 9.17) is 4.74 Å². The Kier molecular flexibility index (Phi) is 4.93. The minimum Gasteiger partial charge on any atom is -0.467 e. The minimum absolute atomic E-state index is 0.0127. The lowest BCUT2D eigenvalue weighted by Gasteiger charge is -2.30. The van der Waals surface area contributed by atoms with E-state index in [-0.39, 0.29) is 11.9 Å². The summed E-state index contributed by atoms with van der Waals surface area (Å²) in [5, 5.41) is 0.664. The lowest BCUT2D eigenvalue weighted by Crippen LogP contribution is -2.42. The first-order valence-electron chi connectivity index (χ1n) is 8.64. The van der Waals surface area contributed by atoms with Crippen LogP contribution in [0.15, 0.2) is 54.6 Å².